The van der Waals surface area contributed by atoms with Gasteiger partial charge in [-0.15, -0.1) is 0 Å². The molecule has 0 fully saturated rings. The maximum atomic E-state index is 5.98. The molecule has 7 heteroatoms. The molecule has 2 atom stereocenters. The number of ether oxygens (including phenoxy) is 4. The van der Waals surface area contributed by atoms with Crippen LogP contribution < -0.4 is 10.9 Å². The molecule has 0 radical (unpaired) electrons. The van der Waals surface area contributed by atoms with E-state index in [0.29, 0.717) is 19.6 Å². The van der Waals surface area contributed by atoms with E-state index >= 15 is 0 Å². The van der Waals surface area contributed by atoms with Gasteiger partial charge in [-0.1, -0.05) is 13.8 Å². The van der Waals surface area contributed by atoms with Gasteiger partial charge in [0.25, 0.3) is 5.97 Å². The fourth-order valence-electron chi connectivity index (χ4n) is 2.10. The molecule has 7 nitrogen and oxygen atoms in total. The Balaban J connectivity index is 5.15. The maximum absolute atomic E-state index is 5.98. The van der Waals surface area contributed by atoms with Crippen molar-refractivity contribution in [3.63, 3.8) is 0 Å². The number of hydrogen-bond donors (Lipinski definition) is 2. The second-order valence-corrected chi connectivity index (χ2v) is 5.13. The van der Waals surface area contributed by atoms with E-state index in [0.717, 1.165) is 13.0 Å². The molecule has 0 rings (SSSR count). The molecule has 22 heavy (non-hydrogen) atoms. The Bertz CT molecular complexity index is 269. The highest BCUT2D eigenvalue weighted by Gasteiger charge is 2.39. The lowest BCUT2D eigenvalue weighted by Gasteiger charge is -2.39. The second kappa shape index (κ2) is 12.2. The molecule has 0 aliphatic rings. The first-order valence-corrected chi connectivity index (χ1v) is 8.17. The van der Waals surface area contributed by atoms with Crippen molar-refractivity contribution in [3.8, 4) is 0 Å². The summed E-state index contributed by atoms with van der Waals surface area (Å²) in [6.07, 6.45) is 0.954. The fraction of sp³-hybridized carbons (Fsp3) is 1.00. The van der Waals surface area contributed by atoms with Crippen molar-refractivity contribution >= 4 is 0 Å². The molecule has 2 N–H and O–H groups in total. The van der Waals surface area contributed by atoms with Gasteiger partial charge in [0.05, 0.1) is 19.1 Å². The summed E-state index contributed by atoms with van der Waals surface area (Å²) in [6.45, 7) is 11.7. The van der Waals surface area contributed by atoms with Gasteiger partial charge in [0.1, 0.15) is 6.23 Å². The molecule has 0 heterocycles. The molecule has 0 bridgehead atoms. The third kappa shape index (κ3) is 7.82. The third-order valence-electron chi connectivity index (χ3n) is 2.86. The summed E-state index contributed by atoms with van der Waals surface area (Å²) in [6, 6.07) is 0. The molecule has 134 valence electrons. The second-order valence-electron chi connectivity index (χ2n) is 5.13. The minimum Gasteiger partial charge on any atom is -0.363 e. The predicted octanol–water partition coefficient (Wildman–Crippen LogP) is 1.85. The van der Waals surface area contributed by atoms with E-state index in [1.54, 1.807) is 12.2 Å². The highest BCUT2D eigenvalue weighted by atomic mass is 16.9. The van der Waals surface area contributed by atoms with E-state index in [2.05, 4.69) is 17.8 Å². The molecule has 0 aromatic carbocycles. The summed E-state index contributed by atoms with van der Waals surface area (Å²) in [5.41, 5.74) is 6.25. The predicted molar refractivity (Wildman–Crippen MR) is 86.8 cm³/mol. The van der Waals surface area contributed by atoms with Crippen molar-refractivity contribution in [1.29, 1.82) is 0 Å². The minimum absolute atomic E-state index is 0.0249. The molecule has 0 aliphatic heterocycles. The minimum atomic E-state index is -1.12. The van der Waals surface area contributed by atoms with Crippen molar-refractivity contribution in [3.05, 3.63) is 0 Å². The zero-order valence-electron chi connectivity index (χ0n) is 15.3. The summed E-state index contributed by atoms with van der Waals surface area (Å²) >= 11 is 0. The smallest absolute Gasteiger partial charge is 0.287 e. The van der Waals surface area contributed by atoms with Crippen LogP contribution in [0, 0.1) is 0 Å². The van der Waals surface area contributed by atoms with E-state index < -0.39 is 5.97 Å². The Morgan fingerprint density at radius 2 is 1.82 bits per heavy atom. The monoisotopic (exact) mass is 321 g/mol. The fourth-order valence-corrected chi connectivity index (χ4v) is 2.10. The summed E-state index contributed by atoms with van der Waals surface area (Å²) in [5.74, 6) is -1.12. The largest absolute Gasteiger partial charge is 0.363 e. The Morgan fingerprint density at radius 3 is 2.23 bits per heavy atom. The molecule has 0 spiro atoms. The third-order valence-corrected chi connectivity index (χ3v) is 2.86. The summed E-state index contributed by atoms with van der Waals surface area (Å²) in [4.78, 5) is 0. The van der Waals surface area contributed by atoms with Gasteiger partial charge in [0.2, 0.25) is 0 Å². The SMILES string of the molecule is CCCOC(CC(OC)N(NC)NCC)(OCC)OC(C)C. The van der Waals surface area contributed by atoms with Gasteiger partial charge in [-0.3, -0.25) is 0 Å². The standard InChI is InChI=1S/C15H35N3O4/c1-8-11-21-15(20-10-3,22-13(4)5)12-14(19-7)18(16-6)17-9-2/h13-14,16-17H,8-12H2,1-7H3. The summed E-state index contributed by atoms with van der Waals surface area (Å²) in [5, 5.41) is 1.78. The molecule has 0 aromatic heterocycles. The average Bonchev–Trinajstić information content (AvgIpc) is 2.48. The van der Waals surface area contributed by atoms with Gasteiger partial charge >= 0.3 is 0 Å². The Kier molecular flexibility index (Phi) is 12.0. The first kappa shape index (κ1) is 21.7. The lowest BCUT2D eigenvalue weighted by Crippen LogP contribution is -2.57. The van der Waals surface area contributed by atoms with E-state index in [9.17, 15) is 0 Å². The highest BCUT2D eigenvalue weighted by Crippen LogP contribution is 2.26. The number of hydrogen-bond acceptors (Lipinski definition) is 7. The van der Waals surface area contributed by atoms with Gasteiger partial charge in [0.15, 0.2) is 0 Å². The van der Waals surface area contributed by atoms with Gasteiger partial charge in [-0.25, -0.2) is 10.9 Å². The van der Waals surface area contributed by atoms with Gasteiger partial charge < -0.3 is 18.9 Å². The van der Waals surface area contributed by atoms with Crippen LogP contribution in [-0.4, -0.2) is 57.3 Å². The number of hydrazine groups is 2. The van der Waals surface area contributed by atoms with Crippen molar-refractivity contribution in [1.82, 2.24) is 16.0 Å². The number of nitrogens with zero attached hydrogens (tertiary/aromatic N) is 1. The average molecular weight is 321 g/mol. The molecule has 0 saturated carbocycles. The van der Waals surface area contributed by atoms with Crippen LogP contribution >= 0.6 is 0 Å². The number of rotatable bonds is 14. The first-order valence-electron chi connectivity index (χ1n) is 8.17. The van der Waals surface area contributed by atoms with Crippen molar-refractivity contribution in [2.24, 2.45) is 0 Å². The maximum Gasteiger partial charge on any atom is 0.287 e. The van der Waals surface area contributed by atoms with Crippen LogP contribution in [0.1, 0.15) is 47.5 Å². The summed E-state index contributed by atoms with van der Waals surface area (Å²) < 4.78 is 23.3. The normalized spacial score (nSPS) is 16.2. The Morgan fingerprint density at radius 1 is 1.14 bits per heavy atom. The van der Waals surface area contributed by atoms with E-state index in [1.807, 2.05) is 34.7 Å². The van der Waals surface area contributed by atoms with Crippen LogP contribution in [0.4, 0.5) is 0 Å². The number of methoxy groups -OCH3 is 1. The van der Waals surface area contributed by atoms with Crippen LogP contribution in [0.3, 0.4) is 0 Å². The van der Waals surface area contributed by atoms with E-state index in [1.165, 1.54) is 0 Å². The lowest BCUT2D eigenvalue weighted by atomic mass is 10.3. The topological polar surface area (TPSA) is 64.2 Å². The first-order chi connectivity index (χ1) is 10.5. The van der Waals surface area contributed by atoms with Crippen LogP contribution in [0.2, 0.25) is 0 Å². The lowest BCUT2D eigenvalue weighted by molar-refractivity contribution is -0.403. The molecular formula is C15H35N3O4. The quantitative estimate of drug-likeness (QED) is 0.374. The summed E-state index contributed by atoms with van der Waals surface area (Å²) in [7, 11) is 3.48. The van der Waals surface area contributed by atoms with Crippen molar-refractivity contribution < 1.29 is 18.9 Å². The Labute approximate surface area is 135 Å². The van der Waals surface area contributed by atoms with Crippen molar-refractivity contribution in [2.45, 2.75) is 65.8 Å². The molecule has 0 aromatic rings. The van der Waals surface area contributed by atoms with Crippen LogP contribution in [0.25, 0.3) is 0 Å². The van der Waals surface area contributed by atoms with Crippen molar-refractivity contribution in [2.75, 3.05) is 33.9 Å². The van der Waals surface area contributed by atoms with Crippen LogP contribution in [-0.2, 0) is 18.9 Å². The highest BCUT2D eigenvalue weighted by molar-refractivity contribution is 4.67. The Hall–Kier alpha value is -0.280. The molecule has 0 aliphatic carbocycles. The van der Waals surface area contributed by atoms with Crippen LogP contribution in [0.5, 0.6) is 0 Å². The van der Waals surface area contributed by atoms with E-state index in [-0.39, 0.29) is 12.3 Å². The molecule has 2 unspecified atom stereocenters. The number of nitrogens with one attached hydrogen (secondary N) is 2. The van der Waals surface area contributed by atoms with E-state index in [4.69, 9.17) is 18.9 Å². The van der Waals surface area contributed by atoms with Crippen LogP contribution in [0.15, 0.2) is 0 Å². The van der Waals surface area contributed by atoms with Gasteiger partial charge in [-0.05, 0) is 27.2 Å². The van der Waals surface area contributed by atoms with Gasteiger partial charge in [-0.2, -0.15) is 5.12 Å². The zero-order valence-corrected chi connectivity index (χ0v) is 15.3. The molecular weight excluding hydrogens is 286 g/mol. The van der Waals surface area contributed by atoms with Gasteiger partial charge in [0, 0.05) is 27.3 Å². The zero-order chi connectivity index (χ0) is 17.0. The molecule has 0 saturated heterocycles. The molecule has 0 amide bonds.